The normalized spacial score (nSPS) is 10.7. The van der Waals surface area contributed by atoms with Crippen LogP contribution in [0.2, 0.25) is 0 Å². The number of hydrogen-bond donors (Lipinski definition) is 2. The Bertz CT molecular complexity index is 665. The van der Waals surface area contributed by atoms with Crippen molar-refractivity contribution < 1.29 is 9.53 Å². The molecule has 0 aliphatic rings. The zero-order valence-corrected chi connectivity index (χ0v) is 13.4. The Morgan fingerprint density at radius 2 is 2.14 bits per heavy atom. The average molecular weight is 305 g/mol. The van der Waals surface area contributed by atoms with Crippen molar-refractivity contribution in [1.82, 2.24) is 4.98 Å². The van der Waals surface area contributed by atoms with E-state index < -0.39 is 5.97 Å². The van der Waals surface area contributed by atoms with Crippen molar-refractivity contribution in [1.29, 1.82) is 0 Å². The van der Waals surface area contributed by atoms with Crippen molar-refractivity contribution in [3.8, 4) is 0 Å². The van der Waals surface area contributed by atoms with Gasteiger partial charge in [-0.05, 0) is 24.0 Å². The highest BCUT2D eigenvalue weighted by atomic mass is 32.1. The molecule has 0 atom stereocenters. The first-order valence-corrected chi connectivity index (χ1v) is 7.46. The van der Waals surface area contributed by atoms with Crippen LogP contribution >= 0.6 is 11.3 Å². The van der Waals surface area contributed by atoms with E-state index in [0.717, 1.165) is 11.3 Å². The minimum atomic E-state index is -0.466. The van der Waals surface area contributed by atoms with Crippen LogP contribution in [-0.2, 0) is 4.74 Å². The van der Waals surface area contributed by atoms with Gasteiger partial charge in [-0.25, -0.2) is 9.78 Å². The number of nitrogens with zero attached hydrogens (tertiary/aromatic N) is 1. The second kappa shape index (κ2) is 6.13. The van der Waals surface area contributed by atoms with E-state index in [2.05, 4.69) is 30.2 Å². The van der Waals surface area contributed by atoms with E-state index in [0.29, 0.717) is 15.9 Å². The summed E-state index contributed by atoms with van der Waals surface area (Å²) in [5, 5.41) is 3.87. The molecule has 1 aromatic heterocycles. The molecule has 0 bridgehead atoms. The van der Waals surface area contributed by atoms with Crippen LogP contribution in [0.1, 0.15) is 40.6 Å². The van der Waals surface area contributed by atoms with E-state index >= 15 is 0 Å². The molecule has 3 N–H and O–H groups in total. The molecule has 0 saturated heterocycles. The topological polar surface area (TPSA) is 77.2 Å². The zero-order chi connectivity index (χ0) is 15.6. The molecule has 0 radical (unpaired) electrons. The zero-order valence-electron chi connectivity index (χ0n) is 12.6. The van der Waals surface area contributed by atoms with Crippen LogP contribution in [-0.4, -0.2) is 18.1 Å². The molecule has 0 saturated carbocycles. The number of aryl methyl sites for hydroxylation is 1. The molecule has 21 heavy (non-hydrogen) atoms. The lowest BCUT2D eigenvalue weighted by atomic mass is 9.98. The van der Waals surface area contributed by atoms with Crippen LogP contribution in [0.5, 0.6) is 0 Å². The highest BCUT2D eigenvalue weighted by molar-refractivity contribution is 7.18. The standard InChI is InChI=1S/C15H19N3O2S/c1-8(2)10-7-5-6-9(3)11(10)17-15-18-13(16)12(21-15)14(19)20-4/h5-8H,16H2,1-4H3,(H,17,18). The Balaban J connectivity index is 2.37. The fraction of sp³-hybridized carbons (Fsp3) is 0.333. The summed E-state index contributed by atoms with van der Waals surface area (Å²) in [4.78, 5) is 16.1. The molecular weight excluding hydrogens is 286 g/mol. The number of nitrogen functional groups attached to an aromatic ring is 1. The maximum absolute atomic E-state index is 11.6. The van der Waals surface area contributed by atoms with Gasteiger partial charge in [-0.15, -0.1) is 0 Å². The van der Waals surface area contributed by atoms with Gasteiger partial charge in [-0.2, -0.15) is 0 Å². The van der Waals surface area contributed by atoms with Crippen LogP contribution in [0.4, 0.5) is 16.6 Å². The fourth-order valence-corrected chi connectivity index (χ4v) is 2.88. The van der Waals surface area contributed by atoms with E-state index in [4.69, 9.17) is 10.5 Å². The number of hydrogen-bond acceptors (Lipinski definition) is 6. The number of ether oxygens (including phenoxy) is 1. The third-order valence-corrected chi connectivity index (χ3v) is 4.15. The summed E-state index contributed by atoms with van der Waals surface area (Å²) in [5.74, 6) is 0.103. The number of carbonyl (C=O) groups is 1. The van der Waals surface area contributed by atoms with E-state index in [1.54, 1.807) is 0 Å². The maximum atomic E-state index is 11.6. The van der Waals surface area contributed by atoms with Gasteiger partial charge in [-0.3, -0.25) is 0 Å². The molecule has 0 spiro atoms. The lowest BCUT2D eigenvalue weighted by Crippen LogP contribution is -2.02. The third kappa shape index (κ3) is 3.16. The quantitative estimate of drug-likeness (QED) is 0.842. The highest BCUT2D eigenvalue weighted by Gasteiger charge is 2.18. The number of anilines is 3. The maximum Gasteiger partial charge on any atom is 0.351 e. The SMILES string of the molecule is COC(=O)c1sc(Nc2c(C)cccc2C(C)C)nc1N. The number of carbonyl (C=O) groups excluding carboxylic acids is 1. The summed E-state index contributed by atoms with van der Waals surface area (Å²) in [6, 6.07) is 6.15. The summed E-state index contributed by atoms with van der Waals surface area (Å²) < 4.78 is 4.69. The molecule has 112 valence electrons. The molecule has 0 fully saturated rings. The molecule has 1 aromatic carbocycles. The first-order chi connectivity index (χ1) is 9.93. The van der Waals surface area contributed by atoms with Crippen molar-refractivity contribution in [3.05, 3.63) is 34.2 Å². The van der Waals surface area contributed by atoms with Gasteiger partial charge in [0.05, 0.1) is 7.11 Å². The second-order valence-electron chi connectivity index (χ2n) is 5.04. The number of methoxy groups -OCH3 is 1. The summed E-state index contributed by atoms with van der Waals surface area (Å²) >= 11 is 1.19. The van der Waals surface area contributed by atoms with Crippen LogP contribution < -0.4 is 11.1 Å². The van der Waals surface area contributed by atoms with Crippen molar-refractivity contribution >= 4 is 33.9 Å². The molecule has 0 aliphatic carbocycles. The molecule has 5 nitrogen and oxygen atoms in total. The Kier molecular flexibility index (Phi) is 4.47. The number of thiazole rings is 1. The Morgan fingerprint density at radius 1 is 1.43 bits per heavy atom. The van der Waals surface area contributed by atoms with Crippen molar-refractivity contribution in [2.75, 3.05) is 18.2 Å². The molecule has 0 unspecified atom stereocenters. The summed E-state index contributed by atoms with van der Waals surface area (Å²) in [5.41, 5.74) is 9.10. The van der Waals surface area contributed by atoms with E-state index in [1.165, 1.54) is 24.0 Å². The van der Waals surface area contributed by atoms with E-state index in [9.17, 15) is 4.79 Å². The molecule has 1 heterocycles. The highest BCUT2D eigenvalue weighted by Crippen LogP contribution is 2.33. The number of esters is 1. The van der Waals surface area contributed by atoms with Gasteiger partial charge >= 0.3 is 5.97 Å². The number of nitrogens with one attached hydrogen (secondary N) is 1. The smallest absolute Gasteiger partial charge is 0.351 e. The van der Waals surface area contributed by atoms with Gasteiger partial charge in [0.1, 0.15) is 0 Å². The Hall–Kier alpha value is -2.08. The first-order valence-electron chi connectivity index (χ1n) is 6.65. The third-order valence-electron chi connectivity index (χ3n) is 3.18. The second-order valence-corrected chi connectivity index (χ2v) is 6.04. The first kappa shape index (κ1) is 15.3. The summed E-state index contributed by atoms with van der Waals surface area (Å²) in [6.07, 6.45) is 0. The van der Waals surface area contributed by atoms with Crippen LogP contribution in [0.3, 0.4) is 0 Å². The minimum Gasteiger partial charge on any atom is -0.465 e. The average Bonchev–Trinajstić information content (AvgIpc) is 2.80. The molecule has 2 rings (SSSR count). The predicted molar refractivity (Wildman–Crippen MR) is 86.4 cm³/mol. The number of aromatic nitrogens is 1. The molecule has 0 amide bonds. The monoisotopic (exact) mass is 305 g/mol. The van der Waals surface area contributed by atoms with Crippen molar-refractivity contribution in [2.45, 2.75) is 26.7 Å². The van der Waals surface area contributed by atoms with Crippen LogP contribution in [0, 0.1) is 6.92 Å². The van der Waals surface area contributed by atoms with Crippen LogP contribution in [0.15, 0.2) is 18.2 Å². The van der Waals surface area contributed by atoms with Gasteiger partial charge in [-0.1, -0.05) is 43.4 Å². The lowest BCUT2D eigenvalue weighted by molar-refractivity contribution is 0.0607. The van der Waals surface area contributed by atoms with E-state index in [-0.39, 0.29) is 5.82 Å². The fourth-order valence-electron chi connectivity index (χ4n) is 2.07. The Labute approximate surface area is 128 Å². The lowest BCUT2D eigenvalue weighted by Gasteiger charge is -2.15. The molecule has 0 aliphatic heterocycles. The predicted octanol–water partition coefficient (Wildman–Crippen LogP) is 3.69. The molecule has 2 aromatic rings. The summed E-state index contributed by atoms with van der Waals surface area (Å²) in [6.45, 7) is 6.30. The van der Waals surface area contributed by atoms with Gasteiger partial charge in [0.25, 0.3) is 0 Å². The van der Waals surface area contributed by atoms with Crippen molar-refractivity contribution in [3.63, 3.8) is 0 Å². The molecular formula is C15H19N3O2S. The summed E-state index contributed by atoms with van der Waals surface area (Å²) in [7, 11) is 1.33. The number of rotatable bonds is 4. The molecule has 6 heteroatoms. The van der Waals surface area contributed by atoms with Gasteiger partial charge in [0.2, 0.25) is 0 Å². The number of para-hydroxylation sites is 1. The number of nitrogens with two attached hydrogens (primary N) is 1. The van der Waals surface area contributed by atoms with E-state index in [1.807, 2.05) is 19.1 Å². The van der Waals surface area contributed by atoms with Crippen LogP contribution in [0.25, 0.3) is 0 Å². The number of benzene rings is 1. The van der Waals surface area contributed by atoms with Crippen molar-refractivity contribution in [2.24, 2.45) is 0 Å². The van der Waals surface area contributed by atoms with Gasteiger partial charge < -0.3 is 15.8 Å². The van der Waals surface area contributed by atoms with Gasteiger partial charge in [0.15, 0.2) is 15.8 Å². The Morgan fingerprint density at radius 3 is 2.76 bits per heavy atom. The minimum absolute atomic E-state index is 0.189. The largest absolute Gasteiger partial charge is 0.465 e. The van der Waals surface area contributed by atoms with Gasteiger partial charge in [0, 0.05) is 5.69 Å².